The summed E-state index contributed by atoms with van der Waals surface area (Å²) in [5.74, 6) is 0.153. The lowest BCUT2D eigenvalue weighted by Gasteiger charge is -2.06. The molecule has 0 fully saturated rings. The van der Waals surface area contributed by atoms with E-state index in [9.17, 15) is 14.9 Å². The predicted molar refractivity (Wildman–Crippen MR) is 57.1 cm³/mol. The highest BCUT2D eigenvalue weighted by Crippen LogP contribution is 2.35. The topological polar surface area (TPSA) is 69.4 Å². The molecule has 0 heterocycles. The third-order valence-corrected chi connectivity index (χ3v) is 2.62. The summed E-state index contributed by atoms with van der Waals surface area (Å²) in [7, 11) is 1.35. The molecule has 0 aliphatic rings. The van der Waals surface area contributed by atoms with Gasteiger partial charge in [-0.1, -0.05) is 15.9 Å². The number of ether oxygens (including phenoxy) is 1. The summed E-state index contributed by atoms with van der Waals surface area (Å²) in [6.07, 6.45) is 0.598. The summed E-state index contributed by atoms with van der Waals surface area (Å²) in [5.41, 5.74) is 0.160. The van der Waals surface area contributed by atoms with Crippen LogP contribution in [-0.2, 0) is 11.2 Å². The molecule has 0 atom stereocenters. The fraction of sp³-hybridized carbons (Fsp3) is 0.222. The lowest BCUT2D eigenvalue weighted by atomic mass is 10.1. The Kier molecular flexibility index (Phi) is 3.79. The van der Waals surface area contributed by atoms with Crippen molar-refractivity contribution in [2.24, 2.45) is 0 Å². The zero-order valence-corrected chi connectivity index (χ0v) is 9.48. The molecule has 0 saturated carbocycles. The first-order valence-corrected chi connectivity index (χ1v) is 4.84. The van der Waals surface area contributed by atoms with Gasteiger partial charge in [0.2, 0.25) is 0 Å². The maximum Gasteiger partial charge on any atom is 0.315 e. The second kappa shape index (κ2) is 4.88. The zero-order chi connectivity index (χ0) is 11.4. The second-order valence-corrected chi connectivity index (χ2v) is 3.56. The molecule has 0 spiro atoms. The first-order chi connectivity index (χ1) is 7.11. The van der Waals surface area contributed by atoms with E-state index in [0.717, 1.165) is 0 Å². The third kappa shape index (κ3) is 2.33. The molecule has 80 valence electrons. The van der Waals surface area contributed by atoms with E-state index in [4.69, 9.17) is 4.74 Å². The van der Waals surface area contributed by atoms with Gasteiger partial charge in [-0.15, -0.1) is 0 Å². The Balaban J connectivity index is 3.42. The van der Waals surface area contributed by atoms with Crippen LogP contribution in [-0.4, -0.2) is 18.3 Å². The molecular formula is C9H8BrNO4. The molecule has 0 radical (unpaired) electrons. The van der Waals surface area contributed by atoms with Crippen LogP contribution in [0.1, 0.15) is 5.56 Å². The van der Waals surface area contributed by atoms with Crippen molar-refractivity contribution in [1.82, 2.24) is 0 Å². The van der Waals surface area contributed by atoms with Gasteiger partial charge in [0.15, 0.2) is 5.75 Å². The van der Waals surface area contributed by atoms with Gasteiger partial charge in [0.25, 0.3) is 0 Å². The molecule has 0 N–H and O–H groups in total. The molecule has 0 amide bonds. The Bertz CT molecular complexity index is 405. The molecule has 5 nitrogen and oxygen atoms in total. The minimum absolute atomic E-state index is 0.0197. The van der Waals surface area contributed by atoms with E-state index in [2.05, 4.69) is 15.9 Å². The van der Waals surface area contributed by atoms with E-state index < -0.39 is 4.92 Å². The number of aldehydes is 1. The number of methoxy groups -OCH3 is 1. The van der Waals surface area contributed by atoms with Crippen molar-refractivity contribution < 1.29 is 14.5 Å². The molecule has 1 rings (SSSR count). The van der Waals surface area contributed by atoms with Gasteiger partial charge in [0.05, 0.1) is 17.6 Å². The summed E-state index contributed by atoms with van der Waals surface area (Å²) < 4.78 is 5.40. The number of hydrogen-bond donors (Lipinski definition) is 0. The van der Waals surface area contributed by atoms with Crippen molar-refractivity contribution in [3.8, 4) is 5.75 Å². The number of nitrogens with zero attached hydrogens (tertiary/aromatic N) is 1. The highest BCUT2D eigenvalue weighted by atomic mass is 79.9. The van der Waals surface area contributed by atoms with Gasteiger partial charge < -0.3 is 9.53 Å². The lowest BCUT2D eigenvalue weighted by Crippen LogP contribution is -2.00. The van der Waals surface area contributed by atoms with Gasteiger partial charge in [-0.2, -0.15) is 0 Å². The Labute approximate surface area is 94.3 Å². The first kappa shape index (κ1) is 11.6. The summed E-state index contributed by atoms with van der Waals surface area (Å²) in [4.78, 5) is 20.7. The van der Waals surface area contributed by atoms with Gasteiger partial charge in [-0.05, 0) is 12.1 Å². The molecular weight excluding hydrogens is 266 g/mol. The molecule has 15 heavy (non-hydrogen) atoms. The van der Waals surface area contributed by atoms with Crippen LogP contribution in [0.25, 0.3) is 0 Å². The van der Waals surface area contributed by atoms with Gasteiger partial charge in [-0.3, -0.25) is 10.1 Å². The van der Waals surface area contributed by atoms with Gasteiger partial charge >= 0.3 is 5.69 Å². The van der Waals surface area contributed by atoms with Crippen LogP contribution in [0.3, 0.4) is 0 Å². The van der Waals surface area contributed by atoms with Crippen molar-refractivity contribution in [3.05, 3.63) is 32.3 Å². The van der Waals surface area contributed by atoms with Gasteiger partial charge in [-0.25, -0.2) is 0 Å². The average Bonchev–Trinajstić information content (AvgIpc) is 2.20. The third-order valence-electron chi connectivity index (χ3n) is 1.88. The Hall–Kier alpha value is -1.43. The number of rotatable bonds is 4. The maximum absolute atomic E-state index is 10.8. The number of carbonyl (C=O) groups is 1. The lowest BCUT2D eigenvalue weighted by molar-refractivity contribution is -0.386. The Morgan fingerprint density at radius 1 is 1.60 bits per heavy atom. The minimum atomic E-state index is -0.553. The van der Waals surface area contributed by atoms with E-state index in [1.807, 2.05) is 0 Å². The summed E-state index contributed by atoms with van der Waals surface area (Å²) in [6, 6.07) is 3.10. The number of carbonyl (C=O) groups excluding carboxylic acids is 1. The Morgan fingerprint density at radius 3 is 2.73 bits per heavy atom. The fourth-order valence-electron chi connectivity index (χ4n) is 1.23. The van der Waals surface area contributed by atoms with Crippen LogP contribution in [0.15, 0.2) is 16.6 Å². The normalized spacial score (nSPS) is 9.73. The average molecular weight is 274 g/mol. The van der Waals surface area contributed by atoms with Crippen molar-refractivity contribution in [1.29, 1.82) is 0 Å². The van der Waals surface area contributed by atoms with Crippen molar-refractivity contribution in [2.45, 2.75) is 6.42 Å². The van der Waals surface area contributed by atoms with Crippen molar-refractivity contribution >= 4 is 27.9 Å². The molecule has 1 aromatic carbocycles. The van der Waals surface area contributed by atoms with Gasteiger partial charge in [0.1, 0.15) is 6.29 Å². The first-order valence-electron chi connectivity index (χ1n) is 4.05. The quantitative estimate of drug-likeness (QED) is 0.479. The highest BCUT2D eigenvalue weighted by Gasteiger charge is 2.22. The van der Waals surface area contributed by atoms with Crippen LogP contribution in [0.4, 0.5) is 5.69 Å². The molecule has 6 heteroatoms. The molecule has 0 aliphatic carbocycles. The van der Waals surface area contributed by atoms with E-state index in [0.29, 0.717) is 16.3 Å². The number of benzene rings is 1. The minimum Gasteiger partial charge on any atom is -0.490 e. The van der Waals surface area contributed by atoms with E-state index in [1.165, 1.54) is 13.2 Å². The van der Waals surface area contributed by atoms with Gasteiger partial charge in [0, 0.05) is 10.9 Å². The van der Waals surface area contributed by atoms with E-state index >= 15 is 0 Å². The van der Waals surface area contributed by atoms with Crippen LogP contribution < -0.4 is 4.74 Å². The maximum atomic E-state index is 10.8. The van der Waals surface area contributed by atoms with Crippen LogP contribution in [0, 0.1) is 10.1 Å². The van der Waals surface area contributed by atoms with Crippen molar-refractivity contribution in [2.75, 3.05) is 7.11 Å². The standard InChI is InChI=1S/C9H8BrNO4/c1-15-8-3-2-7(10)6(4-5-12)9(8)11(13)14/h2-3,5H,4H2,1H3. The van der Waals surface area contributed by atoms with Crippen LogP contribution >= 0.6 is 15.9 Å². The predicted octanol–water partition coefficient (Wildman–Crippen LogP) is 2.11. The molecule has 0 aliphatic heterocycles. The van der Waals surface area contributed by atoms with Crippen LogP contribution in [0.5, 0.6) is 5.75 Å². The molecule has 0 bridgehead atoms. The number of hydrogen-bond acceptors (Lipinski definition) is 4. The highest BCUT2D eigenvalue weighted by molar-refractivity contribution is 9.10. The number of halogens is 1. The zero-order valence-electron chi connectivity index (χ0n) is 7.90. The summed E-state index contributed by atoms with van der Waals surface area (Å²) in [6.45, 7) is 0. The molecule has 0 saturated heterocycles. The smallest absolute Gasteiger partial charge is 0.315 e. The number of nitro benzene ring substituents is 1. The SMILES string of the molecule is COc1ccc(Br)c(CC=O)c1[N+](=O)[O-]. The molecule has 1 aromatic rings. The van der Waals surface area contributed by atoms with E-state index in [1.54, 1.807) is 6.07 Å². The molecule has 0 aromatic heterocycles. The number of nitro groups is 1. The van der Waals surface area contributed by atoms with Crippen LogP contribution in [0.2, 0.25) is 0 Å². The molecule has 0 unspecified atom stereocenters. The monoisotopic (exact) mass is 273 g/mol. The summed E-state index contributed by atoms with van der Waals surface area (Å²) >= 11 is 3.16. The fourth-order valence-corrected chi connectivity index (χ4v) is 1.71. The largest absolute Gasteiger partial charge is 0.490 e. The van der Waals surface area contributed by atoms with Crippen molar-refractivity contribution in [3.63, 3.8) is 0 Å². The second-order valence-electron chi connectivity index (χ2n) is 2.70. The summed E-state index contributed by atoms with van der Waals surface area (Å²) in [5, 5.41) is 10.8. The van der Waals surface area contributed by atoms with E-state index in [-0.39, 0.29) is 17.9 Å². The Morgan fingerprint density at radius 2 is 2.27 bits per heavy atom.